The smallest absolute Gasteiger partial charge is 0.189 e. The molecule has 0 atom stereocenters. The van der Waals surface area contributed by atoms with Crippen molar-refractivity contribution in [3.63, 3.8) is 0 Å². The third-order valence-electron chi connectivity index (χ3n) is 2.47. The van der Waals surface area contributed by atoms with Crippen LogP contribution in [0.15, 0.2) is 54.6 Å². The summed E-state index contributed by atoms with van der Waals surface area (Å²) in [4.78, 5) is 11.8. The molecule has 3 heteroatoms. The molecule has 0 radical (unpaired) electrons. The standard InChI is InChI=1S/C15H11FO2/c16-12-8-5-11(6-9-12)7-10-15(18)13-3-1-2-4-14(13)17/h1-10,17H/b10-7-. The van der Waals surface area contributed by atoms with E-state index in [1.165, 1.54) is 24.3 Å². The molecule has 0 saturated heterocycles. The van der Waals surface area contributed by atoms with E-state index in [1.807, 2.05) is 0 Å². The molecule has 0 aliphatic heterocycles. The number of benzene rings is 2. The molecule has 0 amide bonds. The van der Waals surface area contributed by atoms with E-state index in [0.717, 1.165) is 5.56 Å². The quantitative estimate of drug-likeness (QED) is 0.661. The molecule has 2 rings (SSSR count). The number of allylic oxidation sites excluding steroid dienone is 1. The Bertz CT molecular complexity index is 586. The first-order chi connectivity index (χ1) is 8.66. The molecule has 0 bridgehead atoms. The van der Waals surface area contributed by atoms with Gasteiger partial charge in [-0.1, -0.05) is 30.3 Å². The predicted molar refractivity (Wildman–Crippen MR) is 67.9 cm³/mol. The second-order valence-electron chi connectivity index (χ2n) is 3.77. The fourth-order valence-electron chi connectivity index (χ4n) is 1.52. The number of ketones is 1. The lowest BCUT2D eigenvalue weighted by Gasteiger charge is -1.99. The monoisotopic (exact) mass is 242 g/mol. The van der Waals surface area contributed by atoms with Gasteiger partial charge < -0.3 is 5.11 Å². The summed E-state index contributed by atoms with van der Waals surface area (Å²) in [6, 6.07) is 12.1. The van der Waals surface area contributed by atoms with Gasteiger partial charge in [0.15, 0.2) is 5.78 Å². The summed E-state index contributed by atoms with van der Waals surface area (Å²) in [7, 11) is 0. The Balaban J connectivity index is 2.17. The predicted octanol–water partition coefficient (Wildman–Crippen LogP) is 3.43. The van der Waals surface area contributed by atoms with E-state index in [4.69, 9.17) is 0 Å². The van der Waals surface area contributed by atoms with Gasteiger partial charge in [-0.3, -0.25) is 4.79 Å². The van der Waals surface area contributed by atoms with Gasteiger partial charge in [0.2, 0.25) is 0 Å². The van der Waals surface area contributed by atoms with Gasteiger partial charge >= 0.3 is 0 Å². The number of para-hydroxylation sites is 1. The van der Waals surface area contributed by atoms with Crippen molar-refractivity contribution < 1.29 is 14.3 Å². The highest BCUT2D eigenvalue weighted by Crippen LogP contribution is 2.17. The van der Waals surface area contributed by atoms with Crippen LogP contribution < -0.4 is 0 Å². The van der Waals surface area contributed by atoms with Crippen LogP contribution in [0.4, 0.5) is 4.39 Å². The van der Waals surface area contributed by atoms with Crippen molar-refractivity contribution >= 4 is 11.9 Å². The summed E-state index contributed by atoms with van der Waals surface area (Å²) in [6.07, 6.45) is 2.93. The van der Waals surface area contributed by atoms with Crippen molar-refractivity contribution in [2.45, 2.75) is 0 Å². The van der Waals surface area contributed by atoms with E-state index in [1.54, 1.807) is 36.4 Å². The third-order valence-corrected chi connectivity index (χ3v) is 2.47. The van der Waals surface area contributed by atoms with Crippen LogP contribution in [0, 0.1) is 5.82 Å². The molecule has 0 fully saturated rings. The summed E-state index contributed by atoms with van der Waals surface area (Å²) < 4.78 is 12.7. The number of carbonyl (C=O) groups is 1. The van der Waals surface area contributed by atoms with Crippen molar-refractivity contribution in [1.29, 1.82) is 0 Å². The Hall–Kier alpha value is -2.42. The van der Waals surface area contributed by atoms with Gasteiger partial charge in [0.1, 0.15) is 11.6 Å². The molecule has 2 aromatic carbocycles. The Morgan fingerprint density at radius 2 is 1.72 bits per heavy atom. The fraction of sp³-hybridized carbons (Fsp3) is 0. The first kappa shape index (κ1) is 12.0. The molecule has 0 aliphatic carbocycles. The lowest BCUT2D eigenvalue weighted by Crippen LogP contribution is -1.94. The molecule has 0 saturated carbocycles. The normalized spacial score (nSPS) is 10.7. The van der Waals surface area contributed by atoms with Gasteiger partial charge in [-0.25, -0.2) is 4.39 Å². The number of hydrogen-bond acceptors (Lipinski definition) is 2. The number of rotatable bonds is 3. The number of phenolic OH excluding ortho intramolecular Hbond substituents is 1. The van der Waals surface area contributed by atoms with Crippen molar-refractivity contribution in [1.82, 2.24) is 0 Å². The van der Waals surface area contributed by atoms with Crippen molar-refractivity contribution in [3.8, 4) is 5.75 Å². The van der Waals surface area contributed by atoms with E-state index < -0.39 is 0 Å². The van der Waals surface area contributed by atoms with Crippen LogP contribution in [0.5, 0.6) is 5.75 Å². The average molecular weight is 242 g/mol. The van der Waals surface area contributed by atoms with Gasteiger partial charge in [0, 0.05) is 0 Å². The van der Waals surface area contributed by atoms with Gasteiger partial charge in [-0.15, -0.1) is 0 Å². The Labute approximate surface area is 104 Å². The average Bonchev–Trinajstić information content (AvgIpc) is 2.38. The van der Waals surface area contributed by atoms with Crippen LogP contribution in [0.2, 0.25) is 0 Å². The summed E-state index contributed by atoms with van der Waals surface area (Å²) in [6.45, 7) is 0. The van der Waals surface area contributed by atoms with E-state index in [9.17, 15) is 14.3 Å². The van der Waals surface area contributed by atoms with Crippen LogP contribution >= 0.6 is 0 Å². The minimum Gasteiger partial charge on any atom is -0.507 e. The highest BCUT2D eigenvalue weighted by atomic mass is 19.1. The maximum absolute atomic E-state index is 12.7. The summed E-state index contributed by atoms with van der Waals surface area (Å²) >= 11 is 0. The van der Waals surface area contributed by atoms with E-state index in [0.29, 0.717) is 0 Å². The first-order valence-corrected chi connectivity index (χ1v) is 5.43. The molecule has 0 aliphatic rings. The Morgan fingerprint density at radius 1 is 1.06 bits per heavy atom. The van der Waals surface area contributed by atoms with E-state index in [2.05, 4.69) is 0 Å². The molecule has 0 unspecified atom stereocenters. The molecule has 0 aromatic heterocycles. The summed E-state index contributed by atoms with van der Waals surface area (Å²) in [5.74, 6) is -0.664. The van der Waals surface area contributed by atoms with Crippen molar-refractivity contribution in [3.05, 3.63) is 71.6 Å². The third kappa shape index (κ3) is 2.83. The molecule has 0 heterocycles. The zero-order chi connectivity index (χ0) is 13.0. The number of hydrogen-bond donors (Lipinski definition) is 1. The maximum Gasteiger partial charge on any atom is 0.189 e. The SMILES string of the molecule is O=C(/C=C\c1ccc(F)cc1)c1ccccc1O. The van der Waals surface area contributed by atoms with E-state index in [-0.39, 0.29) is 22.9 Å². The second-order valence-corrected chi connectivity index (χ2v) is 3.77. The molecule has 0 spiro atoms. The topological polar surface area (TPSA) is 37.3 Å². The highest BCUT2D eigenvalue weighted by Gasteiger charge is 2.06. The van der Waals surface area contributed by atoms with Gasteiger partial charge in [0.25, 0.3) is 0 Å². The van der Waals surface area contributed by atoms with Gasteiger partial charge in [-0.2, -0.15) is 0 Å². The largest absolute Gasteiger partial charge is 0.507 e. The fourth-order valence-corrected chi connectivity index (χ4v) is 1.52. The van der Waals surface area contributed by atoms with Crippen LogP contribution in [0.3, 0.4) is 0 Å². The van der Waals surface area contributed by atoms with Crippen LogP contribution in [-0.4, -0.2) is 10.9 Å². The number of phenols is 1. The maximum atomic E-state index is 12.7. The van der Waals surface area contributed by atoms with Crippen LogP contribution in [0.25, 0.3) is 6.08 Å². The zero-order valence-electron chi connectivity index (χ0n) is 9.51. The second kappa shape index (κ2) is 5.27. The van der Waals surface area contributed by atoms with Crippen LogP contribution in [0.1, 0.15) is 15.9 Å². The van der Waals surface area contributed by atoms with Crippen molar-refractivity contribution in [2.75, 3.05) is 0 Å². The molecule has 90 valence electrons. The lowest BCUT2D eigenvalue weighted by molar-refractivity contribution is 0.104. The minimum atomic E-state index is -0.320. The number of aromatic hydroxyl groups is 1. The Kier molecular flexibility index (Phi) is 3.53. The number of carbonyl (C=O) groups excluding carboxylic acids is 1. The molecule has 18 heavy (non-hydrogen) atoms. The van der Waals surface area contributed by atoms with Gasteiger partial charge in [-0.05, 0) is 35.9 Å². The van der Waals surface area contributed by atoms with Crippen LogP contribution in [-0.2, 0) is 0 Å². The minimum absolute atomic E-state index is 0.0498. The van der Waals surface area contributed by atoms with Gasteiger partial charge in [0.05, 0.1) is 5.56 Å². The highest BCUT2D eigenvalue weighted by molar-refractivity contribution is 6.08. The summed E-state index contributed by atoms with van der Waals surface area (Å²) in [5, 5.41) is 9.51. The number of halogens is 1. The lowest BCUT2D eigenvalue weighted by atomic mass is 10.1. The van der Waals surface area contributed by atoms with E-state index >= 15 is 0 Å². The summed E-state index contributed by atoms with van der Waals surface area (Å²) in [5.41, 5.74) is 0.969. The molecular formula is C15H11FO2. The molecular weight excluding hydrogens is 231 g/mol. The Morgan fingerprint density at radius 3 is 2.39 bits per heavy atom. The molecule has 2 aromatic rings. The molecule has 2 nitrogen and oxygen atoms in total. The van der Waals surface area contributed by atoms with Crippen molar-refractivity contribution in [2.24, 2.45) is 0 Å². The zero-order valence-corrected chi connectivity index (χ0v) is 9.51. The molecule has 1 N–H and O–H groups in total. The first-order valence-electron chi connectivity index (χ1n) is 5.43.